The average Bonchev–Trinajstić information content (AvgIpc) is 3.07. The highest BCUT2D eigenvalue weighted by Crippen LogP contribution is 2.27. The fourth-order valence-corrected chi connectivity index (χ4v) is 2.71. The minimum absolute atomic E-state index is 0.0419. The van der Waals surface area contributed by atoms with Crippen molar-refractivity contribution in [3.63, 3.8) is 0 Å². The van der Waals surface area contributed by atoms with Gasteiger partial charge in [0.15, 0.2) is 0 Å². The van der Waals surface area contributed by atoms with Crippen molar-refractivity contribution in [2.75, 3.05) is 18.5 Å². The molecule has 3 rings (SSSR count). The summed E-state index contributed by atoms with van der Waals surface area (Å²) in [4.78, 5) is 23.8. The van der Waals surface area contributed by atoms with Crippen molar-refractivity contribution in [1.29, 1.82) is 0 Å². The van der Waals surface area contributed by atoms with Crippen molar-refractivity contribution in [3.8, 4) is 5.75 Å². The molecular formula is C19H20N2O4. The molecule has 0 saturated heterocycles. The zero-order valence-electron chi connectivity index (χ0n) is 13.9. The van der Waals surface area contributed by atoms with Gasteiger partial charge in [0.05, 0.1) is 12.7 Å². The van der Waals surface area contributed by atoms with E-state index < -0.39 is 17.9 Å². The number of fused-ring (bicyclic) bond motifs is 1. The Kier molecular flexibility index (Phi) is 5.00. The van der Waals surface area contributed by atoms with Gasteiger partial charge in [0.25, 0.3) is 0 Å². The first-order valence-electron chi connectivity index (χ1n) is 8.12. The first-order chi connectivity index (χ1) is 12.0. The van der Waals surface area contributed by atoms with Crippen molar-refractivity contribution >= 4 is 17.5 Å². The Morgan fingerprint density at radius 1 is 1.20 bits per heavy atom. The molecule has 2 aromatic carbocycles. The van der Waals surface area contributed by atoms with Crippen LogP contribution in [0.15, 0.2) is 42.5 Å². The Morgan fingerprint density at radius 2 is 2.04 bits per heavy atom. The third-order valence-electron chi connectivity index (χ3n) is 4.04. The van der Waals surface area contributed by atoms with Gasteiger partial charge in [-0.25, -0.2) is 0 Å². The molecule has 130 valence electrons. The van der Waals surface area contributed by atoms with Gasteiger partial charge in [0.2, 0.25) is 0 Å². The highest BCUT2D eigenvalue weighted by atomic mass is 16.5. The standard InChI is InChI=1S/C19H20N2O4/c1-12-3-2-4-15(9-12)21-19(24)18(23)20-11-16(22)13-5-6-17-14(10-13)7-8-25-17/h2-6,9-10,16,22H,7-8,11H2,1H3,(H,20,23)(H,21,24). The summed E-state index contributed by atoms with van der Waals surface area (Å²) < 4.78 is 5.42. The van der Waals surface area contributed by atoms with Crippen molar-refractivity contribution in [3.05, 3.63) is 59.2 Å². The Hall–Kier alpha value is -2.86. The van der Waals surface area contributed by atoms with E-state index in [0.29, 0.717) is 17.9 Å². The number of hydrogen-bond acceptors (Lipinski definition) is 4. The van der Waals surface area contributed by atoms with Crippen LogP contribution in [-0.4, -0.2) is 30.1 Å². The van der Waals surface area contributed by atoms with Gasteiger partial charge in [-0.05, 0) is 47.9 Å². The molecule has 1 aliphatic rings. The van der Waals surface area contributed by atoms with Crippen molar-refractivity contribution in [1.82, 2.24) is 5.32 Å². The monoisotopic (exact) mass is 340 g/mol. The molecule has 0 radical (unpaired) electrons. The topological polar surface area (TPSA) is 87.7 Å². The lowest BCUT2D eigenvalue weighted by molar-refractivity contribution is -0.136. The lowest BCUT2D eigenvalue weighted by Crippen LogP contribution is -2.37. The molecule has 1 atom stereocenters. The van der Waals surface area contributed by atoms with Gasteiger partial charge < -0.3 is 20.5 Å². The number of carbonyl (C=O) groups excluding carboxylic acids is 2. The number of aliphatic hydroxyl groups is 1. The summed E-state index contributed by atoms with van der Waals surface area (Å²) in [6, 6.07) is 12.6. The summed E-state index contributed by atoms with van der Waals surface area (Å²) >= 11 is 0. The summed E-state index contributed by atoms with van der Waals surface area (Å²) in [7, 11) is 0. The van der Waals surface area contributed by atoms with E-state index in [-0.39, 0.29) is 6.54 Å². The highest BCUT2D eigenvalue weighted by Gasteiger charge is 2.18. The van der Waals surface area contributed by atoms with Crippen LogP contribution < -0.4 is 15.4 Å². The maximum absolute atomic E-state index is 11.9. The molecule has 0 fully saturated rings. The molecule has 0 aromatic heterocycles. The number of carbonyl (C=O) groups is 2. The predicted octanol–water partition coefficient (Wildman–Crippen LogP) is 1.72. The first-order valence-corrected chi connectivity index (χ1v) is 8.12. The van der Waals surface area contributed by atoms with E-state index in [4.69, 9.17) is 4.74 Å². The van der Waals surface area contributed by atoms with Crippen LogP contribution in [0, 0.1) is 6.92 Å². The van der Waals surface area contributed by atoms with Gasteiger partial charge in [-0.1, -0.05) is 18.2 Å². The fraction of sp³-hybridized carbons (Fsp3) is 0.263. The zero-order chi connectivity index (χ0) is 17.8. The van der Waals surface area contributed by atoms with Crippen LogP contribution in [0.1, 0.15) is 22.8 Å². The molecule has 0 aliphatic carbocycles. The van der Waals surface area contributed by atoms with Crippen LogP contribution in [0.3, 0.4) is 0 Å². The van der Waals surface area contributed by atoms with Crippen molar-refractivity contribution in [2.45, 2.75) is 19.4 Å². The summed E-state index contributed by atoms with van der Waals surface area (Å²) in [6.45, 7) is 2.50. The minimum atomic E-state index is -0.887. The normalized spacial score (nSPS) is 13.5. The molecule has 1 unspecified atom stereocenters. The fourth-order valence-electron chi connectivity index (χ4n) is 2.71. The Morgan fingerprint density at radius 3 is 2.84 bits per heavy atom. The van der Waals surface area contributed by atoms with Gasteiger partial charge >= 0.3 is 11.8 Å². The maximum Gasteiger partial charge on any atom is 0.313 e. The molecule has 25 heavy (non-hydrogen) atoms. The van der Waals surface area contributed by atoms with Gasteiger partial charge in [-0.2, -0.15) is 0 Å². The second kappa shape index (κ2) is 7.36. The van der Waals surface area contributed by atoms with Crippen LogP contribution in [0.5, 0.6) is 5.75 Å². The number of rotatable bonds is 4. The molecular weight excluding hydrogens is 320 g/mol. The summed E-state index contributed by atoms with van der Waals surface area (Å²) in [5.41, 5.74) is 3.26. The maximum atomic E-state index is 11.9. The third-order valence-corrected chi connectivity index (χ3v) is 4.04. The molecule has 6 heteroatoms. The summed E-state index contributed by atoms with van der Waals surface area (Å²) in [5, 5.41) is 15.2. The number of hydrogen-bond donors (Lipinski definition) is 3. The van der Waals surface area contributed by atoms with Crippen molar-refractivity contribution < 1.29 is 19.4 Å². The smallest absolute Gasteiger partial charge is 0.313 e. The highest BCUT2D eigenvalue weighted by molar-refractivity contribution is 6.39. The van der Waals surface area contributed by atoms with E-state index in [0.717, 1.165) is 23.3 Å². The molecule has 1 aliphatic heterocycles. The van der Waals surface area contributed by atoms with Crippen LogP contribution in [0.2, 0.25) is 0 Å². The van der Waals surface area contributed by atoms with Gasteiger partial charge in [-0.3, -0.25) is 9.59 Å². The van der Waals surface area contributed by atoms with Gasteiger partial charge in [0, 0.05) is 18.7 Å². The van der Waals surface area contributed by atoms with E-state index in [2.05, 4.69) is 10.6 Å². The molecule has 0 saturated carbocycles. The molecule has 6 nitrogen and oxygen atoms in total. The molecule has 2 aromatic rings. The number of nitrogens with one attached hydrogen (secondary N) is 2. The van der Waals surface area contributed by atoms with Crippen LogP contribution in [0.25, 0.3) is 0 Å². The molecule has 1 heterocycles. The van der Waals surface area contributed by atoms with Crippen LogP contribution in [-0.2, 0) is 16.0 Å². The van der Waals surface area contributed by atoms with Gasteiger partial charge in [0.1, 0.15) is 5.75 Å². The van der Waals surface area contributed by atoms with E-state index in [1.807, 2.05) is 25.1 Å². The lowest BCUT2D eigenvalue weighted by Gasteiger charge is -2.13. The van der Waals surface area contributed by atoms with E-state index in [1.54, 1.807) is 24.3 Å². The number of aliphatic hydroxyl groups excluding tert-OH is 1. The number of anilines is 1. The Labute approximate surface area is 145 Å². The average molecular weight is 340 g/mol. The number of aryl methyl sites for hydroxylation is 1. The van der Waals surface area contributed by atoms with E-state index in [1.165, 1.54) is 0 Å². The van der Waals surface area contributed by atoms with Crippen molar-refractivity contribution in [2.24, 2.45) is 0 Å². The molecule has 0 spiro atoms. The first kappa shape index (κ1) is 17.0. The SMILES string of the molecule is Cc1cccc(NC(=O)C(=O)NCC(O)c2ccc3c(c2)CCO3)c1. The molecule has 0 bridgehead atoms. The summed E-state index contributed by atoms with van der Waals surface area (Å²) in [5.74, 6) is -0.720. The second-order valence-electron chi connectivity index (χ2n) is 6.02. The summed E-state index contributed by atoms with van der Waals surface area (Å²) in [6.07, 6.45) is -0.0807. The quantitative estimate of drug-likeness (QED) is 0.740. The predicted molar refractivity (Wildman–Crippen MR) is 93.4 cm³/mol. The van der Waals surface area contributed by atoms with Crippen LogP contribution >= 0.6 is 0 Å². The van der Waals surface area contributed by atoms with Crippen LogP contribution in [0.4, 0.5) is 5.69 Å². The number of ether oxygens (including phenoxy) is 1. The Bertz CT molecular complexity index is 804. The largest absolute Gasteiger partial charge is 0.493 e. The minimum Gasteiger partial charge on any atom is -0.493 e. The lowest BCUT2D eigenvalue weighted by atomic mass is 10.0. The van der Waals surface area contributed by atoms with Gasteiger partial charge in [-0.15, -0.1) is 0 Å². The van der Waals surface area contributed by atoms with E-state index in [9.17, 15) is 14.7 Å². The zero-order valence-corrected chi connectivity index (χ0v) is 13.9. The molecule has 2 amide bonds. The third kappa shape index (κ3) is 4.16. The molecule has 3 N–H and O–H groups in total. The van der Waals surface area contributed by atoms with E-state index >= 15 is 0 Å². The number of benzene rings is 2. The Balaban J connectivity index is 1.53. The second-order valence-corrected chi connectivity index (χ2v) is 6.02. The number of amides is 2.